The summed E-state index contributed by atoms with van der Waals surface area (Å²) in [5, 5.41) is 3.95. The van der Waals surface area contributed by atoms with E-state index in [9.17, 15) is 9.59 Å². The zero-order chi connectivity index (χ0) is 20.7. The number of amides is 2. The van der Waals surface area contributed by atoms with Gasteiger partial charge in [-0.25, -0.2) is 5.43 Å². The Labute approximate surface area is 178 Å². The third-order valence-electron chi connectivity index (χ3n) is 3.40. The summed E-state index contributed by atoms with van der Waals surface area (Å²) in [5.74, 6) is 0.416. The molecule has 2 aromatic rings. The zero-order valence-corrected chi connectivity index (χ0v) is 18.2. The Bertz CT molecular complexity index is 895. The van der Waals surface area contributed by atoms with Crippen LogP contribution in [0.2, 0.25) is 0 Å². The van der Waals surface area contributed by atoms with Crippen LogP contribution >= 0.6 is 31.9 Å². The molecule has 0 aliphatic carbocycles. The molecule has 0 saturated heterocycles. The van der Waals surface area contributed by atoms with E-state index in [4.69, 9.17) is 19.9 Å². The van der Waals surface area contributed by atoms with E-state index in [2.05, 4.69) is 42.4 Å². The van der Waals surface area contributed by atoms with Crippen molar-refractivity contribution in [2.24, 2.45) is 10.8 Å². The number of primary amides is 1. The molecule has 8 nitrogen and oxygen atoms in total. The molecule has 148 valence electrons. The summed E-state index contributed by atoms with van der Waals surface area (Å²) >= 11 is 6.71. The van der Waals surface area contributed by atoms with Crippen molar-refractivity contribution in [3.63, 3.8) is 0 Å². The minimum atomic E-state index is -0.581. The van der Waals surface area contributed by atoms with E-state index in [1.54, 1.807) is 30.3 Å². The van der Waals surface area contributed by atoms with E-state index in [-0.39, 0.29) is 6.61 Å². The molecule has 2 amide bonds. The number of ether oxygens (including phenoxy) is 3. The Hall–Kier alpha value is -2.59. The monoisotopic (exact) mass is 513 g/mol. The van der Waals surface area contributed by atoms with E-state index in [0.29, 0.717) is 37.3 Å². The van der Waals surface area contributed by atoms with E-state index in [1.807, 2.05) is 0 Å². The molecular weight excluding hydrogens is 498 g/mol. The predicted octanol–water partition coefficient (Wildman–Crippen LogP) is 2.86. The largest absolute Gasteiger partial charge is 0.493 e. The molecule has 28 heavy (non-hydrogen) atoms. The number of nitrogens with zero attached hydrogens (tertiary/aromatic N) is 1. The second-order valence-corrected chi connectivity index (χ2v) is 7.05. The average molecular weight is 515 g/mol. The van der Waals surface area contributed by atoms with Gasteiger partial charge in [0, 0.05) is 5.56 Å². The maximum Gasteiger partial charge on any atom is 0.271 e. The smallest absolute Gasteiger partial charge is 0.271 e. The van der Waals surface area contributed by atoms with Gasteiger partial charge in [0.05, 0.1) is 29.4 Å². The van der Waals surface area contributed by atoms with Gasteiger partial charge in [-0.15, -0.1) is 0 Å². The molecule has 0 bridgehead atoms. The van der Waals surface area contributed by atoms with Gasteiger partial charge >= 0.3 is 0 Å². The highest BCUT2D eigenvalue weighted by Gasteiger charge is 2.11. The fourth-order valence-corrected chi connectivity index (χ4v) is 3.59. The van der Waals surface area contributed by atoms with Gasteiger partial charge in [-0.2, -0.15) is 5.10 Å². The van der Waals surface area contributed by atoms with Crippen LogP contribution in [0.25, 0.3) is 0 Å². The van der Waals surface area contributed by atoms with Crippen molar-refractivity contribution >= 4 is 49.9 Å². The zero-order valence-electron chi connectivity index (χ0n) is 15.0. The molecule has 0 fully saturated rings. The maximum absolute atomic E-state index is 12.2. The van der Waals surface area contributed by atoms with Crippen LogP contribution in [0.1, 0.15) is 15.9 Å². The van der Waals surface area contributed by atoms with E-state index in [0.717, 1.165) is 0 Å². The maximum atomic E-state index is 12.2. The van der Waals surface area contributed by atoms with Crippen molar-refractivity contribution in [1.82, 2.24) is 5.43 Å². The molecule has 0 aliphatic rings. The highest BCUT2D eigenvalue weighted by Crippen LogP contribution is 2.34. The molecule has 0 spiro atoms. The van der Waals surface area contributed by atoms with Gasteiger partial charge in [-0.1, -0.05) is 0 Å². The van der Waals surface area contributed by atoms with E-state index in [1.165, 1.54) is 20.4 Å². The van der Waals surface area contributed by atoms with Crippen LogP contribution in [0.5, 0.6) is 17.2 Å². The second-order valence-electron chi connectivity index (χ2n) is 5.34. The van der Waals surface area contributed by atoms with Crippen molar-refractivity contribution in [1.29, 1.82) is 0 Å². The summed E-state index contributed by atoms with van der Waals surface area (Å²) in [6, 6.07) is 8.22. The Morgan fingerprint density at radius 3 is 2.32 bits per heavy atom. The van der Waals surface area contributed by atoms with Gasteiger partial charge in [0.15, 0.2) is 18.1 Å². The van der Waals surface area contributed by atoms with Crippen LogP contribution < -0.4 is 25.4 Å². The second kappa shape index (κ2) is 10.1. The molecule has 0 aliphatic heterocycles. The summed E-state index contributed by atoms with van der Waals surface area (Å²) in [6.07, 6.45) is 1.46. The van der Waals surface area contributed by atoms with Crippen LogP contribution in [0.15, 0.2) is 44.4 Å². The van der Waals surface area contributed by atoms with Crippen LogP contribution in [0.3, 0.4) is 0 Å². The van der Waals surface area contributed by atoms with Crippen molar-refractivity contribution in [2.45, 2.75) is 0 Å². The number of benzene rings is 2. The normalized spacial score (nSPS) is 10.6. The molecule has 0 saturated carbocycles. The molecular formula is C18H17Br2N3O5. The number of hydrazone groups is 1. The summed E-state index contributed by atoms with van der Waals surface area (Å²) in [7, 11) is 3.01. The van der Waals surface area contributed by atoms with Gasteiger partial charge in [0.2, 0.25) is 0 Å². The van der Waals surface area contributed by atoms with Gasteiger partial charge < -0.3 is 19.9 Å². The third-order valence-corrected chi connectivity index (χ3v) is 4.58. The predicted molar refractivity (Wildman–Crippen MR) is 111 cm³/mol. The lowest BCUT2D eigenvalue weighted by atomic mass is 10.2. The van der Waals surface area contributed by atoms with Gasteiger partial charge in [0.25, 0.3) is 11.8 Å². The highest BCUT2D eigenvalue weighted by molar-refractivity contribution is 9.11. The highest BCUT2D eigenvalue weighted by atomic mass is 79.9. The first kappa shape index (κ1) is 21.7. The van der Waals surface area contributed by atoms with Crippen LogP contribution in [-0.4, -0.2) is 38.9 Å². The topological polar surface area (TPSA) is 112 Å². The quantitative estimate of drug-likeness (QED) is 0.415. The van der Waals surface area contributed by atoms with Gasteiger partial charge in [-0.3, -0.25) is 9.59 Å². The fraction of sp³-hybridized carbons (Fsp3) is 0.167. The van der Waals surface area contributed by atoms with Gasteiger partial charge in [0.1, 0.15) is 5.75 Å². The summed E-state index contributed by atoms with van der Waals surface area (Å²) in [4.78, 5) is 23.1. The number of methoxy groups -OCH3 is 2. The summed E-state index contributed by atoms with van der Waals surface area (Å²) < 4.78 is 16.8. The van der Waals surface area contributed by atoms with E-state index >= 15 is 0 Å². The number of nitrogens with two attached hydrogens (primary N) is 1. The van der Waals surface area contributed by atoms with Gasteiger partial charge in [-0.05, 0) is 67.8 Å². The molecule has 3 N–H and O–H groups in total. The molecule has 0 radical (unpaired) electrons. The third kappa shape index (κ3) is 5.70. The average Bonchev–Trinajstić information content (AvgIpc) is 2.66. The molecule has 10 heteroatoms. The molecule has 0 aromatic heterocycles. The molecule has 0 atom stereocenters. The number of hydrogen-bond acceptors (Lipinski definition) is 6. The van der Waals surface area contributed by atoms with Crippen LogP contribution in [0, 0.1) is 0 Å². The lowest BCUT2D eigenvalue weighted by molar-refractivity contribution is -0.119. The van der Waals surface area contributed by atoms with Crippen molar-refractivity contribution < 1.29 is 23.8 Å². The lowest BCUT2D eigenvalue weighted by Crippen LogP contribution is -2.20. The van der Waals surface area contributed by atoms with Crippen molar-refractivity contribution in [3.8, 4) is 17.2 Å². The molecule has 0 unspecified atom stereocenters. The van der Waals surface area contributed by atoms with Crippen LogP contribution in [0.4, 0.5) is 0 Å². The first-order chi connectivity index (χ1) is 13.3. The summed E-state index contributed by atoms with van der Waals surface area (Å²) in [5.41, 5.74) is 8.56. The molecule has 2 aromatic carbocycles. The first-order valence-corrected chi connectivity index (χ1v) is 9.40. The Morgan fingerprint density at radius 2 is 1.75 bits per heavy atom. The minimum absolute atomic E-state index is 0.244. The fourth-order valence-electron chi connectivity index (χ4n) is 2.14. The Kier molecular flexibility index (Phi) is 7.82. The SMILES string of the molecule is COc1ccc(C(=O)N/N=C/c2cc(Br)c(OCC(N)=O)c(Br)c2)cc1OC. The number of carbonyl (C=O) groups excluding carboxylic acids is 2. The standard InChI is InChI=1S/C18H17Br2N3O5/c1-26-14-4-3-11(7-15(14)27-2)18(25)23-22-8-10-5-12(19)17(13(20)6-10)28-9-16(21)24/h3-8H,9H2,1-2H3,(H2,21,24)(H,23,25)/b22-8+. The lowest BCUT2D eigenvalue weighted by Gasteiger charge is -2.10. The number of rotatable bonds is 8. The Morgan fingerprint density at radius 1 is 1.11 bits per heavy atom. The number of carbonyl (C=O) groups is 2. The minimum Gasteiger partial charge on any atom is -0.493 e. The molecule has 0 heterocycles. The number of halogens is 2. The van der Waals surface area contributed by atoms with Crippen molar-refractivity contribution in [3.05, 3.63) is 50.4 Å². The van der Waals surface area contributed by atoms with Crippen LogP contribution in [-0.2, 0) is 4.79 Å². The number of hydrogen-bond donors (Lipinski definition) is 2. The molecule has 2 rings (SSSR count). The van der Waals surface area contributed by atoms with Crippen molar-refractivity contribution in [2.75, 3.05) is 20.8 Å². The Balaban J connectivity index is 2.08. The summed E-state index contributed by atoms with van der Waals surface area (Å²) in [6.45, 7) is -0.244. The number of nitrogens with one attached hydrogen (secondary N) is 1. The first-order valence-electron chi connectivity index (χ1n) is 7.81. The van der Waals surface area contributed by atoms with E-state index < -0.39 is 11.8 Å².